The predicted molar refractivity (Wildman–Crippen MR) is 124 cm³/mol. The van der Waals surface area contributed by atoms with E-state index in [0.29, 0.717) is 30.4 Å². The first-order valence-electron chi connectivity index (χ1n) is 11.4. The van der Waals surface area contributed by atoms with E-state index >= 15 is 0 Å². The molecular weight excluding hydrogens is 401 g/mol. The Morgan fingerprint density at radius 3 is 2.25 bits per heavy atom. The first kappa shape index (κ1) is 21.0. The second-order valence-corrected chi connectivity index (χ2v) is 9.52. The second kappa shape index (κ2) is 8.61. The molecule has 1 aliphatic heterocycles. The van der Waals surface area contributed by atoms with Gasteiger partial charge in [-0.25, -0.2) is 4.39 Å². The molecule has 2 aliphatic rings. The lowest BCUT2D eigenvalue weighted by Crippen LogP contribution is -2.34. The minimum atomic E-state index is -0.633. The fourth-order valence-corrected chi connectivity index (χ4v) is 5.64. The van der Waals surface area contributed by atoms with Crippen molar-refractivity contribution < 1.29 is 14.3 Å². The van der Waals surface area contributed by atoms with Crippen molar-refractivity contribution in [2.24, 2.45) is 11.8 Å². The highest BCUT2D eigenvalue weighted by Crippen LogP contribution is 2.45. The van der Waals surface area contributed by atoms with Crippen LogP contribution >= 0.6 is 0 Å². The number of carbonyl (C=O) groups excluding carboxylic acids is 1. The number of likely N-dealkylation sites (tertiary alicyclic amines) is 1. The van der Waals surface area contributed by atoms with Crippen LogP contribution in [-0.4, -0.2) is 41.0 Å². The molecule has 3 atom stereocenters. The molecule has 1 saturated carbocycles. The van der Waals surface area contributed by atoms with E-state index in [2.05, 4.69) is 17.0 Å². The van der Waals surface area contributed by atoms with Gasteiger partial charge in [0.25, 0.3) is 0 Å². The number of halogens is 1. The second-order valence-electron chi connectivity index (χ2n) is 9.52. The Bertz CT molecular complexity index is 1100. The molecule has 2 fully saturated rings. The van der Waals surface area contributed by atoms with E-state index in [1.54, 1.807) is 6.07 Å². The first-order chi connectivity index (χ1) is 15.5. The molecule has 3 nitrogen and oxygen atoms in total. The van der Waals surface area contributed by atoms with Gasteiger partial charge in [-0.05, 0) is 59.6 Å². The van der Waals surface area contributed by atoms with Gasteiger partial charge in [0.05, 0.1) is 12.1 Å². The van der Waals surface area contributed by atoms with Crippen LogP contribution in [0.5, 0.6) is 0 Å². The quantitative estimate of drug-likeness (QED) is 0.561. The van der Waals surface area contributed by atoms with E-state index in [-0.39, 0.29) is 11.6 Å². The lowest BCUT2D eigenvalue weighted by Gasteiger charge is -2.26. The Kier molecular flexibility index (Phi) is 5.66. The zero-order valence-electron chi connectivity index (χ0n) is 18.1. The van der Waals surface area contributed by atoms with Gasteiger partial charge in [0, 0.05) is 25.1 Å². The van der Waals surface area contributed by atoms with Crippen LogP contribution in [0.2, 0.25) is 0 Å². The Balaban J connectivity index is 1.20. The molecule has 32 heavy (non-hydrogen) atoms. The minimum absolute atomic E-state index is 0.0859. The molecule has 4 heteroatoms. The fourth-order valence-electron chi connectivity index (χ4n) is 5.64. The molecule has 0 amide bonds. The lowest BCUT2D eigenvalue weighted by atomic mass is 9.91. The average Bonchev–Trinajstić information content (AvgIpc) is 3.28. The highest BCUT2D eigenvalue weighted by Gasteiger charge is 2.48. The molecule has 5 rings (SSSR count). The standard InChI is InChI=1S/C28H28FNO2/c29-26-11-5-9-22(13-26)21-8-4-10-23(12-21)27(31)19-30-17-24-15-28(32,16-25(24)18-30)14-20-6-2-1-3-7-20/h1-13,24-25,32H,14-19H2/t24-,25+,28-. The summed E-state index contributed by atoms with van der Waals surface area (Å²) >= 11 is 0. The average molecular weight is 430 g/mol. The van der Waals surface area contributed by atoms with Crippen molar-refractivity contribution in [3.8, 4) is 11.1 Å². The van der Waals surface area contributed by atoms with Gasteiger partial charge in [-0.3, -0.25) is 9.69 Å². The van der Waals surface area contributed by atoms with Crippen LogP contribution in [0.4, 0.5) is 4.39 Å². The predicted octanol–water partition coefficient (Wildman–Crippen LogP) is 4.99. The topological polar surface area (TPSA) is 40.5 Å². The van der Waals surface area contributed by atoms with E-state index in [4.69, 9.17) is 0 Å². The lowest BCUT2D eigenvalue weighted by molar-refractivity contribution is 0.0355. The van der Waals surface area contributed by atoms with E-state index in [9.17, 15) is 14.3 Å². The molecule has 1 saturated heterocycles. The summed E-state index contributed by atoms with van der Waals surface area (Å²) in [6, 6.07) is 24.1. The van der Waals surface area contributed by atoms with Crippen molar-refractivity contribution in [1.82, 2.24) is 4.90 Å². The van der Waals surface area contributed by atoms with Crippen LogP contribution in [0, 0.1) is 17.7 Å². The summed E-state index contributed by atoms with van der Waals surface area (Å²) in [5, 5.41) is 11.1. The smallest absolute Gasteiger partial charge is 0.176 e. The van der Waals surface area contributed by atoms with Crippen LogP contribution in [0.3, 0.4) is 0 Å². The third-order valence-electron chi connectivity index (χ3n) is 7.02. The Hall–Kier alpha value is -2.82. The molecular formula is C28H28FNO2. The molecule has 3 aromatic rings. The van der Waals surface area contributed by atoms with E-state index in [1.807, 2.05) is 48.5 Å². The molecule has 0 radical (unpaired) electrons. The molecule has 3 aromatic carbocycles. The normalized spacial score (nSPS) is 25.1. The molecule has 0 spiro atoms. The summed E-state index contributed by atoms with van der Waals surface area (Å²) < 4.78 is 13.6. The number of nitrogens with zero attached hydrogens (tertiary/aromatic N) is 1. The molecule has 1 heterocycles. The van der Waals surface area contributed by atoms with Gasteiger partial charge >= 0.3 is 0 Å². The number of carbonyl (C=O) groups is 1. The Morgan fingerprint density at radius 1 is 0.906 bits per heavy atom. The largest absolute Gasteiger partial charge is 0.390 e. The zero-order chi connectivity index (χ0) is 22.1. The molecule has 164 valence electrons. The van der Waals surface area contributed by atoms with Crippen LogP contribution < -0.4 is 0 Å². The van der Waals surface area contributed by atoms with Gasteiger partial charge in [0.1, 0.15) is 5.82 Å². The summed E-state index contributed by atoms with van der Waals surface area (Å²) in [4.78, 5) is 15.2. The van der Waals surface area contributed by atoms with Crippen molar-refractivity contribution in [3.63, 3.8) is 0 Å². The van der Waals surface area contributed by atoms with Gasteiger partial charge in [0.15, 0.2) is 5.78 Å². The number of benzene rings is 3. The highest BCUT2D eigenvalue weighted by atomic mass is 19.1. The number of fused-ring (bicyclic) bond motifs is 1. The van der Waals surface area contributed by atoms with Crippen molar-refractivity contribution in [2.75, 3.05) is 19.6 Å². The number of rotatable bonds is 6. The third kappa shape index (κ3) is 4.52. The van der Waals surface area contributed by atoms with Gasteiger partial charge in [-0.15, -0.1) is 0 Å². The summed E-state index contributed by atoms with van der Waals surface area (Å²) in [7, 11) is 0. The summed E-state index contributed by atoms with van der Waals surface area (Å²) in [6.07, 6.45) is 2.30. The molecule has 0 aromatic heterocycles. The SMILES string of the molecule is O=C(CN1C[C@@H]2C[C@@](O)(Cc3ccccc3)C[C@@H]2C1)c1cccc(-c2cccc(F)c2)c1. The maximum Gasteiger partial charge on any atom is 0.176 e. The molecule has 1 N–H and O–H groups in total. The number of aliphatic hydroxyl groups is 1. The number of ketones is 1. The third-order valence-corrected chi connectivity index (χ3v) is 7.02. The summed E-state index contributed by atoms with van der Waals surface area (Å²) in [6.45, 7) is 2.10. The van der Waals surface area contributed by atoms with Crippen molar-refractivity contribution >= 4 is 5.78 Å². The van der Waals surface area contributed by atoms with Gasteiger partial charge in [0.2, 0.25) is 0 Å². The van der Waals surface area contributed by atoms with Gasteiger partial charge < -0.3 is 5.11 Å². The Labute approximate surface area is 188 Å². The maximum atomic E-state index is 13.6. The van der Waals surface area contributed by atoms with E-state index < -0.39 is 5.60 Å². The van der Waals surface area contributed by atoms with Crippen LogP contribution in [0.1, 0.15) is 28.8 Å². The number of hydrogen-bond donors (Lipinski definition) is 1. The number of hydrogen-bond acceptors (Lipinski definition) is 3. The zero-order valence-corrected chi connectivity index (χ0v) is 18.1. The van der Waals surface area contributed by atoms with Crippen LogP contribution in [0.15, 0.2) is 78.9 Å². The first-order valence-corrected chi connectivity index (χ1v) is 11.4. The van der Waals surface area contributed by atoms with Crippen molar-refractivity contribution in [1.29, 1.82) is 0 Å². The molecule has 1 aliphatic carbocycles. The Morgan fingerprint density at radius 2 is 1.56 bits per heavy atom. The highest BCUT2D eigenvalue weighted by molar-refractivity contribution is 5.98. The van der Waals surface area contributed by atoms with Crippen molar-refractivity contribution in [3.05, 3.63) is 95.8 Å². The van der Waals surface area contributed by atoms with Crippen LogP contribution in [-0.2, 0) is 6.42 Å². The van der Waals surface area contributed by atoms with Gasteiger partial charge in [-0.2, -0.15) is 0 Å². The van der Waals surface area contributed by atoms with E-state index in [0.717, 1.165) is 37.1 Å². The van der Waals surface area contributed by atoms with Crippen LogP contribution in [0.25, 0.3) is 11.1 Å². The van der Waals surface area contributed by atoms with Gasteiger partial charge in [-0.1, -0.05) is 60.7 Å². The summed E-state index contributed by atoms with van der Waals surface area (Å²) in [5.41, 5.74) is 2.82. The fraction of sp³-hybridized carbons (Fsp3) is 0.321. The van der Waals surface area contributed by atoms with Crippen molar-refractivity contribution in [2.45, 2.75) is 24.9 Å². The summed E-state index contributed by atoms with van der Waals surface area (Å²) in [5.74, 6) is 0.683. The molecule has 0 bridgehead atoms. The van der Waals surface area contributed by atoms with E-state index in [1.165, 1.54) is 17.7 Å². The maximum absolute atomic E-state index is 13.6. The molecule has 0 unspecified atom stereocenters. The monoisotopic (exact) mass is 429 g/mol. The number of Topliss-reactive ketones (excluding diaryl/α,β-unsaturated/α-hetero) is 1. The minimum Gasteiger partial charge on any atom is -0.390 e.